The van der Waals surface area contributed by atoms with Crippen LogP contribution in [0, 0.1) is 11.3 Å². The molecule has 3 rings (SSSR count). The highest BCUT2D eigenvalue weighted by Crippen LogP contribution is 2.36. The van der Waals surface area contributed by atoms with E-state index in [1.54, 1.807) is 6.07 Å². The average molecular weight is 472 g/mol. The molecule has 178 valence electrons. The van der Waals surface area contributed by atoms with Crippen molar-refractivity contribution < 1.29 is 31.1 Å². The Morgan fingerprint density at radius 3 is 2.58 bits per heavy atom. The lowest BCUT2D eigenvalue weighted by Crippen LogP contribution is -2.48. The minimum absolute atomic E-state index is 0.0128. The van der Waals surface area contributed by atoms with Gasteiger partial charge in [-0.3, -0.25) is 4.98 Å². The summed E-state index contributed by atoms with van der Waals surface area (Å²) in [7, 11) is 0. The van der Waals surface area contributed by atoms with E-state index in [0.29, 0.717) is 31.0 Å². The number of hydrogen-bond acceptors (Lipinski definition) is 5. The third-order valence-corrected chi connectivity index (χ3v) is 5.40. The van der Waals surface area contributed by atoms with Crippen molar-refractivity contribution in [3.63, 3.8) is 0 Å². The predicted molar refractivity (Wildman–Crippen MR) is 110 cm³/mol. The van der Waals surface area contributed by atoms with E-state index in [9.17, 15) is 26.3 Å². The van der Waals surface area contributed by atoms with Gasteiger partial charge >= 0.3 is 12.4 Å². The van der Waals surface area contributed by atoms with Crippen LogP contribution in [0.2, 0.25) is 0 Å². The largest absolute Gasteiger partial charge is 0.482 e. The van der Waals surface area contributed by atoms with Gasteiger partial charge in [0.25, 0.3) is 0 Å². The van der Waals surface area contributed by atoms with Crippen molar-refractivity contribution in [2.24, 2.45) is 0 Å². The summed E-state index contributed by atoms with van der Waals surface area (Å²) in [6.07, 6.45) is -4.95. The van der Waals surface area contributed by atoms with Gasteiger partial charge in [0.05, 0.1) is 35.3 Å². The molecule has 1 saturated heterocycles. The maximum absolute atomic E-state index is 13.4. The number of hydrogen-bond donors (Lipinski definition) is 0. The molecule has 0 N–H and O–H groups in total. The van der Waals surface area contributed by atoms with Gasteiger partial charge in [0.1, 0.15) is 5.75 Å². The van der Waals surface area contributed by atoms with Gasteiger partial charge < -0.3 is 14.5 Å². The molecular weight excluding hydrogens is 450 g/mol. The first-order chi connectivity index (χ1) is 15.5. The van der Waals surface area contributed by atoms with Crippen LogP contribution in [0.5, 0.6) is 5.75 Å². The van der Waals surface area contributed by atoms with Gasteiger partial charge in [-0.15, -0.1) is 0 Å². The number of benzene rings is 1. The van der Waals surface area contributed by atoms with E-state index in [0.717, 1.165) is 18.9 Å². The second kappa shape index (κ2) is 9.77. The van der Waals surface area contributed by atoms with E-state index in [4.69, 9.17) is 10.00 Å². The van der Waals surface area contributed by atoms with Gasteiger partial charge in [-0.1, -0.05) is 0 Å². The quantitative estimate of drug-likeness (QED) is 0.527. The van der Waals surface area contributed by atoms with E-state index < -0.39 is 30.1 Å². The molecule has 1 aliphatic rings. The van der Waals surface area contributed by atoms with E-state index in [1.165, 1.54) is 30.6 Å². The Morgan fingerprint density at radius 1 is 1.18 bits per heavy atom. The summed E-state index contributed by atoms with van der Waals surface area (Å²) in [5.74, 6) is -0.0128. The van der Waals surface area contributed by atoms with Gasteiger partial charge in [-0.2, -0.15) is 31.6 Å². The molecule has 0 saturated carbocycles. The van der Waals surface area contributed by atoms with Crippen LogP contribution in [-0.4, -0.2) is 43.4 Å². The number of halogens is 6. The first-order valence-corrected chi connectivity index (χ1v) is 10.3. The van der Waals surface area contributed by atoms with Crippen LogP contribution in [0.4, 0.5) is 37.7 Å². The normalized spacial score (nSPS) is 16.9. The van der Waals surface area contributed by atoms with Crippen LogP contribution in [-0.2, 0) is 6.18 Å². The second-order valence-corrected chi connectivity index (χ2v) is 7.65. The molecule has 1 atom stereocenters. The zero-order valence-corrected chi connectivity index (χ0v) is 17.7. The predicted octanol–water partition coefficient (Wildman–Crippen LogP) is 5.41. The number of aromatic nitrogens is 1. The lowest BCUT2D eigenvalue weighted by Gasteiger charge is -2.41. The summed E-state index contributed by atoms with van der Waals surface area (Å²) in [5.41, 5.74) is -0.482. The minimum Gasteiger partial charge on any atom is -0.482 e. The topological polar surface area (TPSA) is 52.4 Å². The molecule has 0 bridgehead atoms. The minimum atomic E-state index is -4.65. The Balaban J connectivity index is 1.80. The van der Waals surface area contributed by atoms with Crippen molar-refractivity contribution in [3.05, 3.63) is 47.8 Å². The van der Waals surface area contributed by atoms with Crippen molar-refractivity contribution in [1.82, 2.24) is 4.98 Å². The lowest BCUT2D eigenvalue weighted by atomic mass is 10.0. The molecule has 11 heteroatoms. The molecule has 0 amide bonds. The number of likely N-dealkylation sites (N-methyl/N-ethyl adjacent to an activating group) is 1. The van der Waals surface area contributed by atoms with E-state index in [1.807, 2.05) is 16.7 Å². The average Bonchev–Trinajstić information content (AvgIpc) is 2.77. The van der Waals surface area contributed by atoms with Gasteiger partial charge in [0.15, 0.2) is 6.61 Å². The molecule has 1 unspecified atom stereocenters. The fourth-order valence-corrected chi connectivity index (χ4v) is 3.96. The second-order valence-electron chi connectivity index (χ2n) is 7.65. The summed E-state index contributed by atoms with van der Waals surface area (Å²) in [6, 6.07) is 6.59. The molecule has 0 aliphatic carbocycles. The molecule has 33 heavy (non-hydrogen) atoms. The lowest BCUT2D eigenvalue weighted by molar-refractivity contribution is -0.153. The van der Waals surface area contributed by atoms with Crippen molar-refractivity contribution in [2.75, 3.05) is 36.0 Å². The third kappa shape index (κ3) is 6.21. The number of piperidine rings is 1. The Morgan fingerprint density at radius 2 is 1.94 bits per heavy atom. The van der Waals surface area contributed by atoms with E-state index in [-0.39, 0.29) is 11.8 Å². The van der Waals surface area contributed by atoms with Gasteiger partial charge in [-0.05, 0) is 38.0 Å². The zero-order chi connectivity index (χ0) is 24.2. The van der Waals surface area contributed by atoms with Gasteiger partial charge in [0.2, 0.25) is 0 Å². The molecule has 1 aromatic carbocycles. The van der Waals surface area contributed by atoms with E-state index >= 15 is 0 Å². The Kier molecular flexibility index (Phi) is 7.25. The number of anilines is 2. The monoisotopic (exact) mass is 472 g/mol. The molecular formula is C22H22F6N4O. The SMILES string of the molecule is CCN(c1ccc(C#N)c(C(F)(F)F)c1)C1CCCN(c2cncc(OCC(F)(F)F)c2)C1. The first kappa shape index (κ1) is 24.5. The zero-order valence-electron chi connectivity index (χ0n) is 17.7. The number of pyridine rings is 1. The molecule has 1 aromatic heterocycles. The summed E-state index contributed by atoms with van der Waals surface area (Å²) in [6.45, 7) is 1.91. The highest BCUT2D eigenvalue weighted by atomic mass is 19.4. The maximum Gasteiger partial charge on any atom is 0.422 e. The van der Waals surface area contributed by atoms with Crippen LogP contribution in [0.25, 0.3) is 0 Å². The smallest absolute Gasteiger partial charge is 0.422 e. The summed E-state index contributed by atoms with van der Waals surface area (Å²) in [5, 5.41) is 9.03. The van der Waals surface area contributed by atoms with Crippen molar-refractivity contribution in [3.8, 4) is 11.8 Å². The fourth-order valence-electron chi connectivity index (χ4n) is 3.96. The molecule has 5 nitrogen and oxygen atoms in total. The van der Waals surface area contributed by atoms with Crippen molar-refractivity contribution >= 4 is 11.4 Å². The van der Waals surface area contributed by atoms with Crippen LogP contribution in [0.3, 0.4) is 0 Å². The van der Waals surface area contributed by atoms with Gasteiger partial charge in [-0.25, -0.2) is 0 Å². The van der Waals surface area contributed by atoms with Gasteiger partial charge in [0, 0.05) is 37.4 Å². The molecule has 1 aliphatic heterocycles. The van der Waals surface area contributed by atoms with E-state index in [2.05, 4.69) is 4.98 Å². The molecule has 0 radical (unpaired) electrons. The summed E-state index contributed by atoms with van der Waals surface area (Å²) in [4.78, 5) is 7.74. The Hall–Kier alpha value is -3.16. The standard InChI is InChI=1S/C22H22F6N4O/c1-2-32(16-6-5-15(10-29)20(9-16)22(26,27)28)17-4-3-7-31(13-17)18-8-19(12-30-11-18)33-14-21(23,24)25/h5-6,8-9,11-12,17H,2-4,7,13-14H2,1H3. The highest BCUT2D eigenvalue weighted by molar-refractivity contribution is 5.56. The fraction of sp³-hybridized carbons (Fsp3) is 0.455. The highest BCUT2D eigenvalue weighted by Gasteiger charge is 2.35. The Bertz CT molecular complexity index is 1000. The number of rotatable bonds is 6. The van der Waals surface area contributed by atoms with Crippen LogP contribution in [0.15, 0.2) is 36.7 Å². The molecule has 2 heterocycles. The van der Waals surface area contributed by atoms with Crippen molar-refractivity contribution in [2.45, 2.75) is 38.2 Å². The summed E-state index contributed by atoms with van der Waals surface area (Å²) < 4.78 is 82.3. The molecule has 1 fully saturated rings. The number of ether oxygens (including phenoxy) is 1. The van der Waals surface area contributed by atoms with Crippen molar-refractivity contribution in [1.29, 1.82) is 5.26 Å². The molecule has 2 aromatic rings. The van der Waals surface area contributed by atoms with Crippen LogP contribution < -0.4 is 14.5 Å². The van der Waals surface area contributed by atoms with Crippen LogP contribution in [0.1, 0.15) is 30.9 Å². The maximum atomic E-state index is 13.4. The third-order valence-electron chi connectivity index (χ3n) is 5.40. The summed E-state index contributed by atoms with van der Waals surface area (Å²) >= 11 is 0. The first-order valence-electron chi connectivity index (χ1n) is 10.3. The number of nitrogens with zero attached hydrogens (tertiary/aromatic N) is 4. The number of nitriles is 1. The number of alkyl halides is 6. The Labute approximate surface area is 187 Å². The molecule has 0 spiro atoms. The van der Waals surface area contributed by atoms with Crippen LogP contribution >= 0.6 is 0 Å².